The van der Waals surface area contributed by atoms with E-state index in [0.29, 0.717) is 11.8 Å². The van der Waals surface area contributed by atoms with Gasteiger partial charge in [0.05, 0.1) is 16.9 Å². The molecule has 4 heterocycles. The minimum Gasteiger partial charge on any atom is -0.381 e. The van der Waals surface area contributed by atoms with Gasteiger partial charge in [0.2, 0.25) is 0 Å². The summed E-state index contributed by atoms with van der Waals surface area (Å²) < 4.78 is 7.77. The Kier molecular flexibility index (Phi) is 6.97. The zero-order valence-corrected chi connectivity index (χ0v) is 21.5. The molecule has 6 heteroatoms. The molecule has 2 saturated heterocycles. The van der Waals surface area contributed by atoms with E-state index in [-0.39, 0.29) is 5.41 Å². The molecule has 0 radical (unpaired) electrons. The number of imidazole rings is 1. The van der Waals surface area contributed by atoms with Crippen LogP contribution in [0.2, 0.25) is 5.02 Å². The number of aryl methyl sites for hydroxylation is 2. The Hall–Kier alpha value is -1.95. The molecule has 2 aromatic heterocycles. The van der Waals surface area contributed by atoms with Gasteiger partial charge in [-0.15, -0.1) is 0 Å². The maximum atomic E-state index is 7.21. The minimum absolute atomic E-state index is 0.144. The van der Waals surface area contributed by atoms with Crippen molar-refractivity contribution in [3.63, 3.8) is 0 Å². The van der Waals surface area contributed by atoms with Crippen LogP contribution < -0.4 is 5.32 Å². The Balaban J connectivity index is 1.62. The van der Waals surface area contributed by atoms with Crippen molar-refractivity contribution in [3.05, 3.63) is 58.3 Å². The van der Waals surface area contributed by atoms with Gasteiger partial charge in [-0.3, -0.25) is 4.98 Å². The van der Waals surface area contributed by atoms with Gasteiger partial charge in [-0.25, -0.2) is 4.98 Å². The number of piperidine rings is 1. The lowest BCUT2D eigenvalue weighted by Crippen LogP contribution is -2.41. The number of nitrogens with zero attached hydrogens (tertiary/aromatic N) is 3. The number of fused-ring (bicyclic) bond motifs is 1. The molecular weight excluding hydrogens is 444 g/mol. The highest BCUT2D eigenvalue weighted by atomic mass is 35.5. The molecule has 0 bridgehead atoms. The summed E-state index contributed by atoms with van der Waals surface area (Å²) in [5.41, 5.74) is 5.80. The van der Waals surface area contributed by atoms with Crippen LogP contribution in [0.3, 0.4) is 0 Å². The van der Waals surface area contributed by atoms with Crippen molar-refractivity contribution >= 4 is 22.5 Å². The molecule has 2 aliphatic heterocycles. The molecule has 3 aromatic rings. The van der Waals surface area contributed by atoms with Crippen LogP contribution in [0, 0.1) is 11.8 Å². The monoisotopic (exact) mass is 480 g/mol. The molecule has 34 heavy (non-hydrogen) atoms. The van der Waals surface area contributed by atoms with E-state index in [0.717, 1.165) is 86.4 Å². The van der Waals surface area contributed by atoms with Gasteiger partial charge >= 0.3 is 0 Å². The predicted octanol–water partition coefficient (Wildman–Crippen LogP) is 5.46. The number of benzene rings is 1. The smallest absolute Gasteiger partial charge is 0.0945 e. The van der Waals surface area contributed by atoms with Crippen LogP contribution in [0.1, 0.15) is 62.0 Å². The molecule has 5 rings (SSSR count). The molecule has 0 saturated carbocycles. The van der Waals surface area contributed by atoms with E-state index in [2.05, 4.69) is 54.0 Å². The molecule has 1 N–H and O–H groups in total. The zero-order chi connectivity index (χ0) is 23.7. The maximum Gasteiger partial charge on any atom is 0.0945 e. The fraction of sp³-hybridized carbons (Fsp3) is 0.571. The standard InChI is InChI=1S/C28H37ClN4O/c1-4-24-22(15-19-9-13-34-14-10-19)27(29)23-16-21(5-6-25(23)32-24)28(2,20-7-11-30-12-8-20)26-17-31-18-33(26)3/h5-6,16-20,30H,4,7-15H2,1-3H3. The summed E-state index contributed by atoms with van der Waals surface area (Å²) in [6.45, 7) is 8.41. The lowest BCUT2D eigenvalue weighted by Gasteiger charge is -2.41. The van der Waals surface area contributed by atoms with E-state index >= 15 is 0 Å². The molecule has 2 fully saturated rings. The molecule has 1 aromatic carbocycles. The molecule has 0 aliphatic carbocycles. The largest absolute Gasteiger partial charge is 0.381 e. The van der Waals surface area contributed by atoms with Crippen molar-refractivity contribution in [2.75, 3.05) is 26.3 Å². The molecular formula is C28H37ClN4O. The number of rotatable bonds is 6. The average Bonchev–Trinajstić information content (AvgIpc) is 3.32. The van der Waals surface area contributed by atoms with Gasteiger partial charge in [0.15, 0.2) is 0 Å². The van der Waals surface area contributed by atoms with Gasteiger partial charge in [-0.1, -0.05) is 24.6 Å². The van der Waals surface area contributed by atoms with Crippen LogP contribution in [0.5, 0.6) is 0 Å². The number of ether oxygens (including phenoxy) is 1. The number of hydrogen-bond donors (Lipinski definition) is 1. The van der Waals surface area contributed by atoms with Crippen molar-refractivity contribution in [2.45, 2.75) is 57.8 Å². The number of halogens is 1. The van der Waals surface area contributed by atoms with Crippen LogP contribution >= 0.6 is 11.6 Å². The van der Waals surface area contributed by atoms with Gasteiger partial charge in [-0.05, 0) is 93.6 Å². The Labute approximate surface area is 208 Å². The van der Waals surface area contributed by atoms with Gasteiger partial charge < -0.3 is 14.6 Å². The normalized spacial score (nSPS) is 20.0. The van der Waals surface area contributed by atoms with Gasteiger partial charge in [0, 0.05) is 48.6 Å². The third-order valence-electron chi connectivity index (χ3n) is 8.37. The summed E-state index contributed by atoms with van der Waals surface area (Å²) in [7, 11) is 2.11. The predicted molar refractivity (Wildman–Crippen MR) is 139 cm³/mol. The Bertz CT molecular complexity index is 1150. The minimum atomic E-state index is -0.144. The average molecular weight is 481 g/mol. The highest BCUT2D eigenvalue weighted by molar-refractivity contribution is 6.36. The van der Waals surface area contributed by atoms with Crippen LogP contribution in [-0.2, 0) is 30.0 Å². The van der Waals surface area contributed by atoms with Crippen molar-refractivity contribution in [1.29, 1.82) is 0 Å². The highest BCUT2D eigenvalue weighted by Crippen LogP contribution is 2.44. The Morgan fingerprint density at radius 2 is 1.94 bits per heavy atom. The molecule has 182 valence electrons. The fourth-order valence-electron chi connectivity index (χ4n) is 6.22. The van der Waals surface area contributed by atoms with Crippen molar-refractivity contribution in [3.8, 4) is 0 Å². The molecule has 1 unspecified atom stereocenters. The van der Waals surface area contributed by atoms with E-state index in [9.17, 15) is 0 Å². The topological polar surface area (TPSA) is 52.0 Å². The first-order chi connectivity index (χ1) is 16.5. The summed E-state index contributed by atoms with van der Waals surface area (Å²) in [5.74, 6) is 1.15. The fourth-order valence-corrected chi connectivity index (χ4v) is 6.56. The maximum absolute atomic E-state index is 7.21. The van der Waals surface area contributed by atoms with E-state index in [1.165, 1.54) is 16.8 Å². The SMILES string of the molecule is CCc1nc2ccc(C(C)(c3cncn3C)C3CCNCC3)cc2c(Cl)c1CC1CCOCC1. The van der Waals surface area contributed by atoms with Crippen molar-refractivity contribution in [2.24, 2.45) is 18.9 Å². The van der Waals surface area contributed by atoms with E-state index in [1.54, 1.807) is 0 Å². The highest BCUT2D eigenvalue weighted by Gasteiger charge is 2.40. The lowest BCUT2D eigenvalue weighted by atomic mass is 9.66. The van der Waals surface area contributed by atoms with E-state index in [1.807, 2.05) is 12.5 Å². The molecule has 0 spiro atoms. The quantitative estimate of drug-likeness (QED) is 0.509. The first kappa shape index (κ1) is 23.8. The van der Waals surface area contributed by atoms with Gasteiger partial charge in [0.1, 0.15) is 0 Å². The third-order valence-corrected chi connectivity index (χ3v) is 8.81. The summed E-state index contributed by atoms with van der Waals surface area (Å²) in [6.07, 6.45) is 10.4. The van der Waals surface area contributed by atoms with Gasteiger partial charge in [0.25, 0.3) is 0 Å². The number of nitrogens with one attached hydrogen (secondary N) is 1. The number of aromatic nitrogens is 3. The van der Waals surface area contributed by atoms with Crippen molar-refractivity contribution in [1.82, 2.24) is 19.9 Å². The second-order valence-electron chi connectivity index (χ2n) is 10.3. The van der Waals surface area contributed by atoms with Gasteiger partial charge in [-0.2, -0.15) is 0 Å². The molecule has 1 atom stereocenters. The molecule has 5 nitrogen and oxygen atoms in total. The second-order valence-corrected chi connectivity index (χ2v) is 10.7. The summed E-state index contributed by atoms with van der Waals surface area (Å²) in [5, 5.41) is 5.51. The number of hydrogen-bond acceptors (Lipinski definition) is 4. The first-order valence-corrected chi connectivity index (χ1v) is 13.3. The van der Waals surface area contributed by atoms with Crippen LogP contribution in [-0.4, -0.2) is 40.8 Å². The van der Waals surface area contributed by atoms with Crippen LogP contribution in [0.25, 0.3) is 10.9 Å². The number of pyridine rings is 1. The Morgan fingerprint density at radius 3 is 2.62 bits per heavy atom. The third kappa shape index (κ3) is 4.27. The molecule has 2 aliphatic rings. The molecule has 0 amide bonds. The summed E-state index contributed by atoms with van der Waals surface area (Å²) >= 11 is 7.21. The van der Waals surface area contributed by atoms with E-state index < -0.39 is 0 Å². The first-order valence-electron chi connectivity index (χ1n) is 12.9. The zero-order valence-electron chi connectivity index (χ0n) is 20.7. The van der Waals surface area contributed by atoms with E-state index in [4.69, 9.17) is 21.3 Å². The Morgan fingerprint density at radius 1 is 1.18 bits per heavy atom. The summed E-state index contributed by atoms with van der Waals surface area (Å²) in [6, 6.07) is 6.79. The van der Waals surface area contributed by atoms with Crippen LogP contribution in [0.4, 0.5) is 0 Å². The van der Waals surface area contributed by atoms with Crippen LogP contribution in [0.15, 0.2) is 30.7 Å². The summed E-state index contributed by atoms with van der Waals surface area (Å²) in [4.78, 5) is 9.58. The lowest BCUT2D eigenvalue weighted by molar-refractivity contribution is 0.0665. The second kappa shape index (κ2) is 9.96. The van der Waals surface area contributed by atoms with Crippen molar-refractivity contribution < 1.29 is 4.74 Å².